The summed E-state index contributed by atoms with van der Waals surface area (Å²) < 4.78 is 1.55. The Kier molecular flexibility index (Phi) is 1.31. The highest BCUT2D eigenvalue weighted by atomic mass is 16.1. The Morgan fingerprint density at radius 1 is 1.55 bits per heavy atom. The van der Waals surface area contributed by atoms with Crippen molar-refractivity contribution in [2.45, 2.75) is 19.3 Å². The molecule has 0 saturated carbocycles. The normalized spacial score (nSPS) is 15.0. The van der Waals surface area contributed by atoms with Gasteiger partial charge in [-0.15, -0.1) is 0 Å². The Labute approximate surface area is 64.7 Å². The van der Waals surface area contributed by atoms with Crippen molar-refractivity contribution < 1.29 is 0 Å². The Hall–Kier alpha value is -1.12. The molecule has 1 aromatic heterocycles. The van der Waals surface area contributed by atoms with Crippen molar-refractivity contribution in [1.82, 2.24) is 9.55 Å². The van der Waals surface area contributed by atoms with Crippen molar-refractivity contribution in [2.24, 2.45) is 7.05 Å². The lowest BCUT2D eigenvalue weighted by Crippen LogP contribution is -2.21. The van der Waals surface area contributed by atoms with Gasteiger partial charge in [-0.3, -0.25) is 0 Å². The van der Waals surface area contributed by atoms with Gasteiger partial charge in [-0.1, -0.05) is 0 Å². The van der Waals surface area contributed by atoms with E-state index in [4.69, 9.17) is 0 Å². The molecule has 11 heavy (non-hydrogen) atoms. The van der Waals surface area contributed by atoms with Gasteiger partial charge >= 0.3 is 5.69 Å². The number of rotatable bonds is 0. The van der Waals surface area contributed by atoms with Gasteiger partial charge in [-0.25, -0.2) is 4.79 Å². The van der Waals surface area contributed by atoms with Gasteiger partial charge < -0.3 is 4.57 Å². The highest BCUT2D eigenvalue weighted by Crippen LogP contribution is 2.16. The lowest BCUT2D eigenvalue weighted by atomic mass is 10.3. The average molecular weight is 150 g/mol. The predicted molar refractivity (Wildman–Crippen MR) is 41.5 cm³/mol. The average Bonchev–Trinajstić information content (AvgIpc) is 2.36. The number of aryl methyl sites for hydroxylation is 3. The number of fused-ring (bicyclic) bond motifs is 1. The minimum atomic E-state index is -0.134. The largest absolute Gasteiger partial charge is 0.347 e. The lowest BCUT2D eigenvalue weighted by molar-refractivity contribution is 0.788. The predicted octanol–water partition coefficient (Wildman–Crippen LogP) is 0.269. The van der Waals surface area contributed by atoms with Gasteiger partial charge in [0.1, 0.15) is 0 Å². The van der Waals surface area contributed by atoms with Gasteiger partial charge in [0.25, 0.3) is 0 Å². The third kappa shape index (κ3) is 0.964. The van der Waals surface area contributed by atoms with E-state index in [1.807, 2.05) is 6.20 Å². The molecule has 0 atom stereocenters. The number of hydrogen-bond donors (Lipinski definition) is 0. The molecule has 1 aliphatic rings. The fourth-order valence-corrected chi connectivity index (χ4v) is 1.50. The molecule has 58 valence electrons. The van der Waals surface area contributed by atoms with Crippen molar-refractivity contribution in [3.63, 3.8) is 0 Å². The molecular weight excluding hydrogens is 140 g/mol. The van der Waals surface area contributed by atoms with Crippen molar-refractivity contribution in [1.29, 1.82) is 0 Å². The summed E-state index contributed by atoms with van der Waals surface area (Å²) in [6.45, 7) is 0. The minimum absolute atomic E-state index is 0.134. The fourth-order valence-electron chi connectivity index (χ4n) is 1.50. The van der Waals surface area contributed by atoms with E-state index >= 15 is 0 Å². The summed E-state index contributed by atoms with van der Waals surface area (Å²) in [6, 6.07) is 0. The third-order valence-corrected chi connectivity index (χ3v) is 2.11. The van der Waals surface area contributed by atoms with Crippen LogP contribution in [0, 0.1) is 0 Å². The Balaban J connectivity index is 2.66. The van der Waals surface area contributed by atoms with Crippen LogP contribution < -0.4 is 5.69 Å². The molecule has 0 aliphatic heterocycles. The molecule has 0 unspecified atom stereocenters. The van der Waals surface area contributed by atoms with Gasteiger partial charge in [-0.2, -0.15) is 4.98 Å². The zero-order valence-electron chi connectivity index (χ0n) is 6.50. The quantitative estimate of drug-likeness (QED) is 0.532. The van der Waals surface area contributed by atoms with Crippen LogP contribution in [0.5, 0.6) is 0 Å². The van der Waals surface area contributed by atoms with Crippen LogP contribution in [0.2, 0.25) is 0 Å². The standard InChI is InChI=1S/C8H10N2O/c1-10-5-6-3-2-4-7(6)9-8(10)11/h5H,2-4H2,1H3. The van der Waals surface area contributed by atoms with E-state index in [2.05, 4.69) is 4.98 Å². The highest BCUT2D eigenvalue weighted by molar-refractivity contribution is 5.21. The topological polar surface area (TPSA) is 34.9 Å². The SMILES string of the molecule is Cn1cc2c(nc1=O)CCC2. The van der Waals surface area contributed by atoms with E-state index < -0.39 is 0 Å². The summed E-state index contributed by atoms with van der Waals surface area (Å²) in [6.07, 6.45) is 5.10. The molecule has 1 aromatic rings. The molecular formula is C8H10N2O. The maximum atomic E-state index is 11.0. The molecule has 3 heteroatoms. The Bertz CT molecular complexity index is 340. The monoisotopic (exact) mass is 150 g/mol. The van der Waals surface area contributed by atoms with Crippen LogP contribution in [0.1, 0.15) is 17.7 Å². The minimum Gasteiger partial charge on any atom is -0.302 e. The Morgan fingerprint density at radius 2 is 2.36 bits per heavy atom. The number of hydrogen-bond acceptors (Lipinski definition) is 2. The van der Waals surface area contributed by atoms with Gasteiger partial charge in [0.15, 0.2) is 0 Å². The maximum absolute atomic E-state index is 11.0. The molecule has 0 saturated heterocycles. The van der Waals surface area contributed by atoms with E-state index in [9.17, 15) is 4.79 Å². The van der Waals surface area contributed by atoms with Gasteiger partial charge in [-0.05, 0) is 24.8 Å². The van der Waals surface area contributed by atoms with E-state index in [1.165, 1.54) is 5.56 Å². The summed E-state index contributed by atoms with van der Waals surface area (Å²) in [4.78, 5) is 15.0. The zero-order chi connectivity index (χ0) is 7.84. The smallest absolute Gasteiger partial charge is 0.302 e. The maximum Gasteiger partial charge on any atom is 0.347 e. The van der Waals surface area contributed by atoms with E-state index in [0.29, 0.717) is 0 Å². The first-order chi connectivity index (χ1) is 5.27. The first kappa shape index (κ1) is 6.58. The summed E-state index contributed by atoms with van der Waals surface area (Å²) in [5.41, 5.74) is 2.12. The third-order valence-electron chi connectivity index (χ3n) is 2.11. The summed E-state index contributed by atoms with van der Waals surface area (Å²) >= 11 is 0. The van der Waals surface area contributed by atoms with Gasteiger partial charge in [0, 0.05) is 13.2 Å². The van der Waals surface area contributed by atoms with E-state index in [-0.39, 0.29) is 5.69 Å². The molecule has 0 amide bonds. The summed E-state index contributed by atoms with van der Waals surface area (Å²) in [5, 5.41) is 0. The van der Waals surface area contributed by atoms with Gasteiger partial charge in [0.2, 0.25) is 0 Å². The highest BCUT2D eigenvalue weighted by Gasteiger charge is 2.12. The van der Waals surface area contributed by atoms with Crippen LogP contribution in [-0.2, 0) is 19.9 Å². The van der Waals surface area contributed by atoms with Crippen LogP contribution >= 0.6 is 0 Å². The van der Waals surface area contributed by atoms with E-state index in [0.717, 1.165) is 25.0 Å². The first-order valence-corrected chi connectivity index (χ1v) is 3.83. The molecule has 0 N–H and O–H groups in total. The second kappa shape index (κ2) is 2.19. The van der Waals surface area contributed by atoms with Crippen LogP contribution in [0.3, 0.4) is 0 Å². The first-order valence-electron chi connectivity index (χ1n) is 3.83. The summed E-state index contributed by atoms with van der Waals surface area (Å²) in [5.74, 6) is 0. The van der Waals surface area contributed by atoms with Crippen molar-refractivity contribution in [3.05, 3.63) is 27.9 Å². The zero-order valence-corrected chi connectivity index (χ0v) is 6.50. The fraction of sp³-hybridized carbons (Fsp3) is 0.500. The summed E-state index contributed by atoms with van der Waals surface area (Å²) in [7, 11) is 1.74. The Morgan fingerprint density at radius 3 is 3.18 bits per heavy atom. The molecule has 2 rings (SSSR count). The van der Waals surface area contributed by atoms with Crippen LogP contribution in [0.25, 0.3) is 0 Å². The van der Waals surface area contributed by atoms with Crippen LogP contribution in [0.4, 0.5) is 0 Å². The molecule has 0 aromatic carbocycles. The van der Waals surface area contributed by atoms with Crippen molar-refractivity contribution in [2.75, 3.05) is 0 Å². The van der Waals surface area contributed by atoms with Gasteiger partial charge in [0.05, 0.1) is 5.69 Å². The molecule has 0 spiro atoms. The van der Waals surface area contributed by atoms with Crippen molar-refractivity contribution in [3.8, 4) is 0 Å². The number of nitrogens with zero attached hydrogens (tertiary/aromatic N) is 2. The molecule has 0 radical (unpaired) electrons. The van der Waals surface area contributed by atoms with Crippen LogP contribution in [0.15, 0.2) is 11.0 Å². The lowest BCUT2D eigenvalue weighted by Gasteiger charge is -1.99. The van der Waals surface area contributed by atoms with Crippen molar-refractivity contribution >= 4 is 0 Å². The number of aromatic nitrogens is 2. The second-order valence-electron chi connectivity index (χ2n) is 2.96. The van der Waals surface area contributed by atoms with E-state index in [1.54, 1.807) is 11.6 Å². The van der Waals surface area contributed by atoms with Crippen LogP contribution in [-0.4, -0.2) is 9.55 Å². The molecule has 1 heterocycles. The molecule has 1 aliphatic carbocycles. The second-order valence-corrected chi connectivity index (χ2v) is 2.96. The molecule has 0 bridgehead atoms. The molecule has 3 nitrogen and oxygen atoms in total. The molecule has 0 fully saturated rings.